The third kappa shape index (κ3) is 3.48. The molecule has 2 aromatic rings. The number of hydrazone groups is 1. The van der Waals surface area contributed by atoms with Crippen LogP contribution in [0.25, 0.3) is 0 Å². The molecule has 0 aliphatic heterocycles. The van der Waals surface area contributed by atoms with E-state index in [1.54, 1.807) is 6.92 Å². The Balaban J connectivity index is 2.06. The summed E-state index contributed by atoms with van der Waals surface area (Å²) >= 11 is 0. The largest absolute Gasteiger partial charge is 0.271 e. The zero-order valence-electron chi connectivity index (χ0n) is 10.4. The molecule has 1 N–H and O–H groups in total. The van der Waals surface area contributed by atoms with Crippen LogP contribution in [0.5, 0.6) is 0 Å². The summed E-state index contributed by atoms with van der Waals surface area (Å²) in [5.41, 5.74) is 4.45. The van der Waals surface area contributed by atoms with Gasteiger partial charge in [0.05, 0.1) is 5.71 Å². The van der Waals surface area contributed by atoms with Crippen molar-refractivity contribution in [1.82, 2.24) is 5.43 Å². The maximum absolute atomic E-state index is 12.7. The van der Waals surface area contributed by atoms with Gasteiger partial charge < -0.3 is 0 Å². The summed E-state index contributed by atoms with van der Waals surface area (Å²) < 4.78 is 12.7. The minimum Gasteiger partial charge on any atom is -0.267 e. The lowest BCUT2D eigenvalue weighted by atomic mass is 10.1. The summed E-state index contributed by atoms with van der Waals surface area (Å²) in [5, 5.41) is 4.02. The van der Waals surface area contributed by atoms with Crippen LogP contribution in [0.15, 0.2) is 59.7 Å². The molecule has 2 aromatic carbocycles. The summed E-state index contributed by atoms with van der Waals surface area (Å²) in [6.45, 7) is 1.81. The van der Waals surface area contributed by atoms with Gasteiger partial charge in [0, 0.05) is 5.56 Å². The molecule has 0 spiro atoms. The molecule has 0 aromatic heterocycles. The number of halogens is 1. The fourth-order valence-electron chi connectivity index (χ4n) is 1.54. The van der Waals surface area contributed by atoms with E-state index in [2.05, 4.69) is 10.5 Å². The van der Waals surface area contributed by atoms with Crippen LogP contribution in [0.4, 0.5) is 4.39 Å². The minimum atomic E-state index is -0.375. The van der Waals surface area contributed by atoms with Gasteiger partial charge in [0.1, 0.15) is 5.82 Å². The molecular formula is C15H13FN2O. The van der Waals surface area contributed by atoms with Crippen LogP contribution in [0.1, 0.15) is 22.8 Å². The molecule has 0 aliphatic rings. The average Bonchev–Trinajstić information content (AvgIpc) is 2.46. The van der Waals surface area contributed by atoms with Crippen molar-refractivity contribution < 1.29 is 9.18 Å². The van der Waals surface area contributed by atoms with E-state index in [1.807, 2.05) is 30.3 Å². The van der Waals surface area contributed by atoms with Gasteiger partial charge in [0.25, 0.3) is 5.91 Å². The van der Waals surface area contributed by atoms with Crippen molar-refractivity contribution in [2.24, 2.45) is 5.10 Å². The highest BCUT2D eigenvalue weighted by molar-refractivity contribution is 6.00. The number of benzene rings is 2. The number of hydrogen-bond acceptors (Lipinski definition) is 2. The molecule has 0 bridgehead atoms. The zero-order chi connectivity index (χ0) is 13.7. The van der Waals surface area contributed by atoms with Gasteiger partial charge in [-0.25, -0.2) is 9.82 Å². The van der Waals surface area contributed by atoms with Gasteiger partial charge in [-0.2, -0.15) is 5.10 Å². The van der Waals surface area contributed by atoms with Crippen molar-refractivity contribution >= 4 is 11.6 Å². The predicted octanol–water partition coefficient (Wildman–Crippen LogP) is 2.98. The molecule has 0 radical (unpaired) electrons. The van der Waals surface area contributed by atoms with E-state index in [9.17, 15) is 9.18 Å². The Hall–Kier alpha value is -2.49. The fraction of sp³-hybridized carbons (Fsp3) is 0.0667. The van der Waals surface area contributed by atoms with Crippen molar-refractivity contribution in [2.75, 3.05) is 0 Å². The van der Waals surface area contributed by atoms with Gasteiger partial charge in [0.2, 0.25) is 0 Å². The van der Waals surface area contributed by atoms with Crippen LogP contribution < -0.4 is 5.43 Å². The number of nitrogens with one attached hydrogen (secondary N) is 1. The van der Waals surface area contributed by atoms with Crippen LogP contribution >= 0.6 is 0 Å². The fourth-order valence-corrected chi connectivity index (χ4v) is 1.54. The summed E-state index contributed by atoms with van der Waals surface area (Å²) in [6, 6.07) is 14.8. The maximum atomic E-state index is 12.7. The Morgan fingerprint density at radius 1 is 1.00 bits per heavy atom. The molecule has 1 amide bonds. The van der Waals surface area contributed by atoms with Crippen molar-refractivity contribution in [2.45, 2.75) is 6.92 Å². The third-order valence-corrected chi connectivity index (χ3v) is 2.62. The Morgan fingerprint density at radius 3 is 2.26 bits per heavy atom. The molecule has 96 valence electrons. The second-order valence-electron chi connectivity index (χ2n) is 4.01. The molecule has 0 fully saturated rings. The first-order valence-corrected chi connectivity index (χ1v) is 5.82. The molecule has 0 saturated heterocycles. The predicted molar refractivity (Wildman–Crippen MR) is 72.5 cm³/mol. The SMILES string of the molecule is C/C(=N/NC(=O)c1ccc(F)cc1)c1ccccc1. The monoisotopic (exact) mass is 256 g/mol. The molecule has 3 nitrogen and oxygen atoms in total. The standard InChI is InChI=1S/C15H13FN2O/c1-11(12-5-3-2-4-6-12)17-18-15(19)13-7-9-14(16)10-8-13/h2-10H,1H3,(H,18,19)/b17-11-. The molecule has 2 rings (SSSR count). The van der Waals surface area contributed by atoms with Gasteiger partial charge in [-0.05, 0) is 36.8 Å². The summed E-state index contributed by atoms with van der Waals surface area (Å²) in [6.07, 6.45) is 0. The van der Waals surface area contributed by atoms with E-state index in [1.165, 1.54) is 24.3 Å². The maximum Gasteiger partial charge on any atom is 0.271 e. The van der Waals surface area contributed by atoms with Crippen LogP contribution in [0, 0.1) is 5.82 Å². The number of carbonyl (C=O) groups is 1. The average molecular weight is 256 g/mol. The van der Waals surface area contributed by atoms with Crippen LogP contribution in [0.3, 0.4) is 0 Å². The molecule has 0 aliphatic carbocycles. The van der Waals surface area contributed by atoms with Crippen LogP contribution in [-0.4, -0.2) is 11.6 Å². The number of rotatable bonds is 3. The Labute approximate surface area is 110 Å². The van der Waals surface area contributed by atoms with Crippen molar-refractivity contribution in [3.05, 3.63) is 71.5 Å². The zero-order valence-corrected chi connectivity index (χ0v) is 10.4. The van der Waals surface area contributed by atoms with E-state index >= 15 is 0 Å². The molecule has 0 saturated carbocycles. The van der Waals surface area contributed by atoms with E-state index in [-0.39, 0.29) is 11.7 Å². The van der Waals surface area contributed by atoms with Crippen LogP contribution in [-0.2, 0) is 0 Å². The van der Waals surface area contributed by atoms with Crippen LogP contribution in [0.2, 0.25) is 0 Å². The van der Waals surface area contributed by atoms with Crippen molar-refractivity contribution in [3.63, 3.8) is 0 Å². The van der Waals surface area contributed by atoms with Gasteiger partial charge >= 0.3 is 0 Å². The second-order valence-corrected chi connectivity index (χ2v) is 4.01. The number of nitrogens with zero attached hydrogens (tertiary/aromatic N) is 1. The summed E-state index contributed by atoms with van der Waals surface area (Å²) in [7, 11) is 0. The van der Waals surface area contributed by atoms with Gasteiger partial charge in [-0.1, -0.05) is 30.3 Å². The van der Waals surface area contributed by atoms with Gasteiger partial charge in [-0.15, -0.1) is 0 Å². The molecule has 0 heterocycles. The first kappa shape index (κ1) is 13.0. The Kier molecular flexibility index (Phi) is 4.03. The molecule has 0 unspecified atom stereocenters. The van der Waals surface area contributed by atoms with E-state index in [0.717, 1.165) is 5.56 Å². The summed E-state index contributed by atoms with van der Waals surface area (Å²) in [5.74, 6) is -0.740. The lowest BCUT2D eigenvalue weighted by Crippen LogP contribution is -2.19. The smallest absolute Gasteiger partial charge is 0.267 e. The highest BCUT2D eigenvalue weighted by Gasteiger charge is 2.04. The highest BCUT2D eigenvalue weighted by Crippen LogP contribution is 2.03. The molecular weight excluding hydrogens is 243 g/mol. The third-order valence-electron chi connectivity index (χ3n) is 2.62. The first-order valence-electron chi connectivity index (χ1n) is 5.82. The van der Waals surface area contributed by atoms with Crippen molar-refractivity contribution in [1.29, 1.82) is 0 Å². The number of carbonyl (C=O) groups excluding carboxylic acids is 1. The number of hydrogen-bond donors (Lipinski definition) is 1. The normalized spacial score (nSPS) is 11.2. The second kappa shape index (κ2) is 5.91. The Bertz CT molecular complexity index is 591. The van der Waals surface area contributed by atoms with E-state index < -0.39 is 0 Å². The quantitative estimate of drug-likeness (QED) is 0.665. The highest BCUT2D eigenvalue weighted by atomic mass is 19.1. The first-order chi connectivity index (χ1) is 9.16. The Morgan fingerprint density at radius 2 is 1.63 bits per heavy atom. The molecule has 0 atom stereocenters. The topological polar surface area (TPSA) is 41.5 Å². The molecule has 4 heteroatoms. The number of amides is 1. The minimum absolute atomic E-state index is 0.365. The van der Waals surface area contributed by atoms with Gasteiger partial charge in [0.15, 0.2) is 0 Å². The summed E-state index contributed by atoms with van der Waals surface area (Å²) in [4.78, 5) is 11.8. The lowest BCUT2D eigenvalue weighted by Gasteiger charge is -2.02. The van der Waals surface area contributed by atoms with E-state index in [4.69, 9.17) is 0 Å². The van der Waals surface area contributed by atoms with E-state index in [0.29, 0.717) is 11.3 Å². The molecule has 19 heavy (non-hydrogen) atoms. The van der Waals surface area contributed by atoms with Gasteiger partial charge in [-0.3, -0.25) is 4.79 Å². The lowest BCUT2D eigenvalue weighted by molar-refractivity contribution is 0.0955. The van der Waals surface area contributed by atoms with Crippen molar-refractivity contribution in [3.8, 4) is 0 Å².